The van der Waals surface area contributed by atoms with E-state index in [1.165, 1.54) is 83.1 Å². The number of aromatic nitrogens is 1. The van der Waals surface area contributed by atoms with Crippen molar-refractivity contribution in [2.24, 2.45) is 5.92 Å². The number of allylic oxidation sites excluding steroid dienone is 8. The van der Waals surface area contributed by atoms with E-state index in [-0.39, 0.29) is 0 Å². The molecule has 0 unspecified atom stereocenters. The van der Waals surface area contributed by atoms with Crippen LogP contribution in [0, 0.1) is 19.8 Å². The van der Waals surface area contributed by atoms with Crippen molar-refractivity contribution in [1.29, 1.82) is 0 Å². The maximum absolute atomic E-state index is 4.49. The molecular weight excluding hydrogens is 917 g/mol. The van der Waals surface area contributed by atoms with Crippen LogP contribution >= 0.6 is 0 Å². The number of rotatable bonds is 14. The smallest absolute Gasteiger partial charge is 0.0713 e. The van der Waals surface area contributed by atoms with Crippen molar-refractivity contribution >= 4 is 38.9 Å². The topological polar surface area (TPSA) is 8.17 Å². The van der Waals surface area contributed by atoms with Gasteiger partial charge in [-0.1, -0.05) is 208 Å². The van der Waals surface area contributed by atoms with Crippen LogP contribution in [0.2, 0.25) is 0 Å². The fraction of sp³-hybridized carbons (Fsp3) is 0.135. The van der Waals surface area contributed by atoms with E-state index in [1.54, 1.807) is 0 Å². The molecule has 0 N–H and O–H groups in total. The Hall–Kier alpha value is -8.72. The lowest BCUT2D eigenvalue weighted by Crippen LogP contribution is -2.29. The standard InChI is InChI=1S/C74H64N2/c1-8-20-53(10-3)73(67-28-15-11-24-61(67)62-25-12-16-29-68(62)73)55-36-46-71-65(48-55)66-49-56(74(54(21-9-2)23-19-22-50(4)5)69-30-17-13-26-63(69)64-27-14-18-31-70(64)74)37-47-72(66)76(71)60-44-42-59(43-45-60)75(57-38-32-51(6)33-39-57)58-40-34-52(7)35-41-58/h8-18,20-21,23-50H,1,3,19,22H2,2,4-7H3/b21-9-,53-20+,54-23+. The molecule has 0 saturated carbocycles. The first-order valence-electron chi connectivity index (χ1n) is 27.0. The Morgan fingerprint density at radius 2 is 0.921 bits per heavy atom. The van der Waals surface area contributed by atoms with Crippen LogP contribution < -0.4 is 4.90 Å². The van der Waals surface area contributed by atoms with Gasteiger partial charge < -0.3 is 9.47 Å². The number of benzene rings is 9. The molecule has 370 valence electrons. The molecule has 9 aromatic carbocycles. The minimum absolute atomic E-state index is 0.568. The zero-order valence-electron chi connectivity index (χ0n) is 44.4. The minimum Gasteiger partial charge on any atom is -0.311 e. The van der Waals surface area contributed by atoms with Gasteiger partial charge in [-0.05, 0) is 179 Å². The molecule has 2 nitrogen and oxygen atoms in total. The summed E-state index contributed by atoms with van der Waals surface area (Å²) in [5, 5.41) is 2.39. The maximum Gasteiger partial charge on any atom is 0.0713 e. The second-order valence-electron chi connectivity index (χ2n) is 21.2. The zero-order chi connectivity index (χ0) is 52.1. The molecule has 12 rings (SSSR count). The average Bonchev–Trinajstić information content (AvgIpc) is 4.28. The van der Waals surface area contributed by atoms with Crippen LogP contribution in [0.3, 0.4) is 0 Å². The number of fused-ring (bicyclic) bond motifs is 9. The van der Waals surface area contributed by atoms with Crippen LogP contribution in [0.1, 0.15) is 78.1 Å². The summed E-state index contributed by atoms with van der Waals surface area (Å²) in [7, 11) is 0. The van der Waals surface area contributed by atoms with E-state index in [4.69, 9.17) is 0 Å². The molecule has 0 bridgehead atoms. The van der Waals surface area contributed by atoms with Crippen LogP contribution in [0.4, 0.5) is 17.1 Å². The number of aryl methyl sites for hydroxylation is 2. The van der Waals surface area contributed by atoms with Gasteiger partial charge in [-0.2, -0.15) is 0 Å². The molecule has 0 aliphatic heterocycles. The second kappa shape index (κ2) is 19.5. The van der Waals surface area contributed by atoms with Gasteiger partial charge in [0.25, 0.3) is 0 Å². The van der Waals surface area contributed by atoms with Gasteiger partial charge >= 0.3 is 0 Å². The summed E-state index contributed by atoms with van der Waals surface area (Å²) < 4.78 is 2.48. The molecule has 10 aromatic rings. The third-order valence-corrected chi connectivity index (χ3v) is 16.3. The highest BCUT2D eigenvalue weighted by Gasteiger charge is 2.48. The summed E-state index contributed by atoms with van der Waals surface area (Å²) in [6.07, 6.45) is 15.4. The molecular formula is C74H64N2. The Bertz CT molecular complexity index is 3830. The summed E-state index contributed by atoms with van der Waals surface area (Å²) in [6, 6.07) is 77.5. The average molecular weight is 981 g/mol. The number of nitrogens with zero attached hydrogens (tertiary/aromatic N) is 2. The van der Waals surface area contributed by atoms with Gasteiger partial charge in [0.05, 0.1) is 21.9 Å². The van der Waals surface area contributed by atoms with Gasteiger partial charge in [-0.3, -0.25) is 0 Å². The highest BCUT2D eigenvalue weighted by atomic mass is 15.1. The highest BCUT2D eigenvalue weighted by molar-refractivity contribution is 6.10. The first-order chi connectivity index (χ1) is 37.2. The molecule has 76 heavy (non-hydrogen) atoms. The maximum atomic E-state index is 4.49. The van der Waals surface area contributed by atoms with Crippen LogP contribution in [0.15, 0.2) is 267 Å². The van der Waals surface area contributed by atoms with Gasteiger partial charge in [0.1, 0.15) is 0 Å². The molecule has 0 saturated heterocycles. The fourth-order valence-electron chi connectivity index (χ4n) is 13.0. The van der Waals surface area contributed by atoms with E-state index in [0.717, 1.165) is 52.2 Å². The van der Waals surface area contributed by atoms with Crippen molar-refractivity contribution < 1.29 is 0 Å². The van der Waals surface area contributed by atoms with E-state index in [2.05, 4.69) is 288 Å². The van der Waals surface area contributed by atoms with E-state index in [1.807, 2.05) is 12.2 Å². The molecule has 1 heterocycles. The van der Waals surface area contributed by atoms with Crippen LogP contribution in [-0.4, -0.2) is 4.57 Å². The normalized spacial score (nSPS) is 14.2. The van der Waals surface area contributed by atoms with E-state index in [9.17, 15) is 0 Å². The van der Waals surface area contributed by atoms with Crippen molar-refractivity contribution in [2.45, 2.75) is 58.3 Å². The molecule has 2 aliphatic carbocycles. The van der Waals surface area contributed by atoms with Crippen LogP contribution in [-0.2, 0) is 10.8 Å². The van der Waals surface area contributed by atoms with E-state index in [0.29, 0.717) is 5.92 Å². The van der Waals surface area contributed by atoms with Gasteiger partial charge in [0.15, 0.2) is 0 Å². The van der Waals surface area contributed by atoms with Crippen molar-refractivity contribution in [1.82, 2.24) is 4.57 Å². The Balaban J connectivity index is 1.15. The monoisotopic (exact) mass is 981 g/mol. The Morgan fingerprint density at radius 3 is 1.32 bits per heavy atom. The predicted molar refractivity (Wildman–Crippen MR) is 324 cm³/mol. The van der Waals surface area contributed by atoms with Crippen LogP contribution in [0.25, 0.3) is 49.7 Å². The Kier molecular flexibility index (Phi) is 12.4. The van der Waals surface area contributed by atoms with Gasteiger partial charge in [0.2, 0.25) is 0 Å². The van der Waals surface area contributed by atoms with Crippen molar-refractivity contribution in [3.05, 3.63) is 312 Å². The third-order valence-electron chi connectivity index (χ3n) is 16.3. The molecule has 2 heteroatoms. The summed E-state index contributed by atoms with van der Waals surface area (Å²) >= 11 is 0. The zero-order valence-corrected chi connectivity index (χ0v) is 44.4. The summed E-state index contributed by atoms with van der Waals surface area (Å²) in [4.78, 5) is 2.35. The predicted octanol–water partition coefficient (Wildman–Crippen LogP) is 19.7. The summed E-state index contributed by atoms with van der Waals surface area (Å²) in [5.41, 5.74) is 23.0. The first-order valence-corrected chi connectivity index (χ1v) is 27.0. The second-order valence-corrected chi connectivity index (χ2v) is 21.2. The first kappa shape index (κ1) is 48.2. The quantitative estimate of drug-likeness (QED) is 0.0986. The Morgan fingerprint density at radius 1 is 0.513 bits per heavy atom. The molecule has 0 atom stereocenters. The SMILES string of the molecule is C=C/C=C(\C=C)C1(c2ccc3c(c2)c2cc(C4(C(/C=C\C)=C/CCC(C)C)c5ccccc5-c5ccccc54)ccc2n3-c2ccc(N(c3ccc(C)cc3)c3ccc(C)cc3)cc2)c2ccccc2-c2ccccc21. The van der Waals surface area contributed by atoms with Gasteiger partial charge in [-0.15, -0.1) is 0 Å². The summed E-state index contributed by atoms with van der Waals surface area (Å²) in [6.45, 7) is 19.8. The molecule has 2 aliphatic rings. The van der Waals surface area contributed by atoms with E-state index < -0.39 is 10.8 Å². The van der Waals surface area contributed by atoms with E-state index >= 15 is 0 Å². The van der Waals surface area contributed by atoms with Gasteiger partial charge in [-0.25, -0.2) is 0 Å². The third kappa shape index (κ3) is 7.53. The fourth-order valence-corrected chi connectivity index (χ4v) is 13.0. The summed E-state index contributed by atoms with van der Waals surface area (Å²) in [5.74, 6) is 0.589. The molecule has 0 radical (unpaired) electrons. The molecule has 0 amide bonds. The Labute approximate surface area is 449 Å². The van der Waals surface area contributed by atoms with Crippen molar-refractivity contribution in [3.63, 3.8) is 0 Å². The highest BCUT2D eigenvalue weighted by Crippen LogP contribution is 2.59. The minimum atomic E-state index is -0.650. The number of hydrogen-bond acceptors (Lipinski definition) is 1. The van der Waals surface area contributed by atoms with Gasteiger partial charge in [0, 0.05) is 33.5 Å². The lowest BCUT2D eigenvalue weighted by molar-refractivity contribution is 0.591. The molecule has 0 fully saturated rings. The largest absolute Gasteiger partial charge is 0.311 e. The number of anilines is 3. The lowest BCUT2D eigenvalue weighted by atomic mass is 9.66. The molecule has 1 aromatic heterocycles. The van der Waals surface area contributed by atoms with Crippen LogP contribution in [0.5, 0.6) is 0 Å². The molecule has 0 spiro atoms. The van der Waals surface area contributed by atoms with Crippen molar-refractivity contribution in [3.8, 4) is 27.9 Å². The van der Waals surface area contributed by atoms with Crippen molar-refractivity contribution in [2.75, 3.05) is 4.90 Å². The lowest BCUT2D eigenvalue weighted by Gasteiger charge is -2.35. The number of hydrogen-bond donors (Lipinski definition) is 0.